The minimum atomic E-state index is -0.912. The SMILES string of the molecule is CN1CCN(c2ccc(C(=O)N3CCC[C@H]3C(=O)O)cc2)CC1. The minimum Gasteiger partial charge on any atom is -0.480 e. The molecule has 2 aliphatic heterocycles. The van der Waals surface area contributed by atoms with Crippen molar-refractivity contribution in [2.45, 2.75) is 18.9 Å². The first-order valence-electron chi connectivity index (χ1n) is 8.13. The van der Waals surface area contributed by atoms with E-state index in [9.17, 15) is 14.7 Å². The second kappa shape index (κ2) is 6.58. The Bertz CT molecular complexity index is 579. The van der Waals surface area contributed by atoms with Crippen LogP contribution in [0.3, 0.4) is 0 Å². The molecule has 6 heteroatoms. The minimum absolute atomic E-state index is 0.181. The van der Waals surface area contributed by atoms with Crippen molar-refractivity contribution in [1.29, 1.82) is 0 Å². The lowest BCUT2D eigenvalue weighted by Crippen LogP contribution is -2.44. The van der Waals surface area contributed by atoms with Crippen molar-refractivity contribution in [2.24, 2.45) is 0 Å². The summed E-state index contributed by atoms with van der Waals surface area (Å²) in [4.78, 5) is 29.9. The Labute approximate surface area is 136 Å². The maximum Gasteiger partial charge on any atom is 0.326 e. The van der Waals surface area contributed by atoms with E-state index in [1.807, 2.05) is 24.3 Å². The average molecular weight is 317 g/mol. The highest BCUT2D eigenvalue weighted by atomic mass is 16.4. The van der Waals surface area contributed by atoms with E-state index in [2.05, 4.69) is 16.8 Å². The first-order chi connectivity index (χ1) is 11.1. The molecule has 124 valence electrons. The Kier molecular flexibility index (Phi) is 4.52. The van der Waals surface area contributed by atoms with Crippen LogP contribution in [0.1, 0.15) is 23.2 Å². The second-order valence-electron chi connectivity index (χ2n) is 6.33. The van der Waals surface area contributed by atoms with Crippen molar-refractivity contribution in [3.05, 3.63) is 29.8 Å². The van der Waals surface area contributed by atoms with Crippen LogP contribution in [0.15, 0.2) is 24.3 Å². The summed E-state index contributed by atoms with van der Waals surface area (Å²) in [5, 5.41) is 9.21. The van der Waals surface area contributed by atoms with Gasteiger partial charge in [-0.2, -0.15) is 0 Å². The highest BCUT2D eigenvalue weighted by Gasteiger charge is 2.34. The van der Waals surface area contributed by atoms with Gasteiger partial charge in [0.25, 0.3) is 5.91 Å². The molecule has 23 heavy (non-hydrogen) atoms. The average Bonchev–Trinajstić information content (AvgIpc) is 3.05. The molecule has 2 heterocycles. The second-order valence-corrected chi connectivity index (χ2v) is 6.33. The highest BCUT2D eigenvalue weighted by molar-refractivity contribution is 5.97. The molecule has 6 nitrogen and oxygen atoms in total. The molecular formula is C17H23N3O3. The highest BCUT2D eigenvalue weighted by Crippen LogP contribution is 2.22. The topological polar surface area (TPSA) is 64.1 Å². The van der Waals surface area contributed by atoms with Crippen LogP contribution in [-0.4, -0.2) is 72.6 Å². The summed E-state index contributed by atoms with van der Waals surface area (Å²) < 4.78 is 0. The molecule has 1 atom stereocenters. The maximum atomic E-state index is 12.5. The van der Waals surface area contributed by atoms with Gasteiger partial charge in [-0.15, -0.1) is 0 Å². The van der Waals surface area contributed by atoms with Gasteiger partial charge in [0.2, 0.25) is 0 Å². The van der Waals surface area contributed by atoms with Gasteiger partial charge in [0.1, 0.15) is 6.04 Å². The van der Waals surface area contributed by atoms with Crippen molar-refractivity contribution in [3.63, 3.8) is 0 Å². The Morgan fingerprint density at radius 3 is 2.30 bits per heavy atom. The van der Waals surface area contributed by atoms with Gasteiger partial charge in [-0.3, -0.25) is 4.79 Å². The number of nitrogens with zero attached hydrogens (tertiary/aromatic N) is 3. The fraction of sp³-hybridized carbons (Fsp3) is 0.529. The van der Waals surface area contributed by atoms with Crippen LogP contribution in [-0.2, 0) is 4.79 Å². The molecule has 1 amide bonds. The van der Waals surface area contributed by atoms with Gasteiger partial charge in [-0.05, 0) is 44.2 Å². The van der Waals surface area contributed by atoms with Crippen molar-refractivity contribution < 1.29 is 14.7 Å². The first kappa shape index (κ1) is 15.8. The third-order valence-electron chi connectivity index (χ3n) is 4.78. The van der Waals surface area contributed by atoms with Crippen LogP contribution < -0.4 is 4.90 Å². The van der Waals surface area contributed by atoms with E-state index in [-0.39, 0.29) is 5.91 Å². The number of carbonyl (C=O) groups is 2. The summed E-state index contributed by atoms with van der Waals surface area (Å²) in [5.74, 6) is -1.09. The molecule has 0 aliphatic carbocycles. The summed E-state index contributed by atoms with van der Waals surface area (Å²) in [6, 6.07) is 6.87. The number of piperazine rings is 1. The molecule has 0 unspecified atom stereocenters. The van der Waals surface area contributed by atoms with E-state index >= 15 is 0 Å². The normalized spacial score (nSPS) is 22.4. The van der Waals surface area contributed by atoms with E-state index in [0.29, 0.717) is 18.5 Å². The van der Waals surface area contributed by atoms with Gasteiger partial charge in [-0.25, -0.2) is 4.79 Å². The van der Waals surface area contributed by atoms with Gasteiger partial charge in [-0.1, -0.05) is 0 Å². The molecule has 0 saturated carbocycles. The largest absolute Gasteiger partial charge is 0.480 e. The Morgan fingerprint density at radius 2 is 1.70 bits per heavy atom. The fourth-order valence-electron chi connectivity index (χ4n) is 3.31. The van der Waals surface area contributed by atoms with Crippen molar-refractivity contribution in [2.75, 3.05) is 44.7 Å². The van der Waals surface area contributed by atoms with E-state index in [4.69, 9.17) is 0 Å². The van der Waals surface area contributed by atoms with Gasteiger partial charge >= 0.3 is 5.97 Å². The van der Waals surface area contributed by atoms with E-state index < -0.39 is 12.0 Å². The summed E-state index contributed by atoms with van der Waals surface area (Å²) >= 11 is 0. The number of carboxylic acids is 1. The predicted molar refractivity (Wildman–Crippen MR) is 87.8 cm³/mol. The molecule has 0 aromatic heterocycles. The fourth-order valence-corrected chi connectivity index (χ4v) is 3.31. The van der Waals surface area contributed by atoms with E-state index in [1.165, 1.54) is 4.90 Å². The van der Waals surface area contributed by atoms with Crippen LogP contribution in [0.2, 0.25) is 0 Å². The predicted octanol–water partition coefficient (Wildman–Crippen LogP) is 1.13. The van der Waals surface area contributed by atoms with Crippen LogP contribution in [0.4, 0.5) is 5.69 Å². The summed E-state index contributed by atoms with van der Waals surface area (Å²) in [6.45, 7) is 4.56. The van der Waals surface area contributed by atoms with Crippen LogP contribution in [0.25, 0.3) is 0 Å². The quantitative estimate of drug-likeness (QED) is 0.905. The third-order valence-corrected chi connectivity index (χ3v) is 4.78. The van der Waals surface area contributed by atoms with Gasteiger partial charge in [0, 0.05) is 44.0 Å². The number of carboxylic acid groups (broad SMARTS) is 1. The zero-order chi connectivity index (χ0) is 16.4. The standard InChI is InChI=1S/C17H23N3O3/c1-18-9-11-19(12-10-18)14-6-4-13(5-7-14)16(21)20-8-2-3-15(20)17(22)23/h4-7,15H,2-3,8-12H2,1H3,(H,22,23)/t15-/m0/s1. The Morgan fingerprint density at radius 1 is 1.04 bits per heavy atom. The van der Waals surface area contributed by atoms with Crippen LogP contribution in [0, 0.1) is 0 Å². The maximum absolute atomic E-state index is 12.5. The number of hydrogen-bond acceptors (Lipinski definition) is 4. The molecule has 1 N–H and O–H groups in total. The molecular weight excluding hydrogens is 294 g/mol. The summed E-state index contributed by atoms with van der Waals surface area (Å²) in [5.41, 5.74) is 1.68. The monoisotopic (exact) mass is 317 g/mol. The zero-order valence-electron chi connectivity index (χ0n) is 13.4. The van der Waals surface area contributed by atoms with Crippen molar-refractivity contribution >= 4 is 17.6 Å². The number of likely N-dealkylation sites (tertiary alicyclic amines) is 1. The van der Waals surface area contributed by atoms with E-state index in [0.717, 1.165) is 38.3 Å². The van der Waals surface area contributed by atoms with Gasteiger partial charge < -0.3 is 19.8 Å². The lowest BCUT2D eigenvalue weighted by Gasteiger charge is -2.34. The first-order valence-corrected chi connectivity index (χ1v) is 8.13. The van der Waals surface area contributed by atoms with Gasteiger partial charge in [0.05, 0.1) is 0 Å². The molecule has 2 saturated heterocycles. The number of amides is 1. The van der Waals surface area contributed by atoms with Crippen molar-refractivity contribution in [3.8, 4) is 0 Å². The van der Waals surface area contributed by atoms with Crippen LogP contribution >= 0.6 is 0 Å². The molecule has 0 bridgehead atoms. The lowest BCUT2D eigenvalue weighted by atomic mass is 10.1. The summed E-state index contributed by atoms with van der Waals surface area (Å²) in [6.07, 6.45) is 1.29. The molecule has 0 spiro atoms. The Hall–Kier alpha value is -2.08. The van der Waals surface area contributed by atoms with Gasteiger partial charge in [0.15, 0.2) is 0 Å². The van der Waals surface area contributed by atoms with E-state index in [1.54, 1.807) is 0 Å². The molecule has 2 aliphatic rings. The third kappa shape index (κ3) is 3.32. The molecule has 1 aromatic carbocycles. The smallest absolute Gasteiger partial charge is 0.326 e. The number of aliphatic carboxylic acids is 1. The molecule has 2 fully saturated rings. The van der Waals surface area contributed by atoms with Crippen LogP contribution in [0.5, 0.6) is 0 Å². The lowest BCUT2D eigenvalue weighted by molar-refractivity contribution is -0.141. The molecule has 1 aromatic rings. The number of rotatable bonds is 3. The summed E-state index contributed by atoms with van der Waals surface area (Å²) in [7, 11) is 2.12. The number of benzene rings is 1. The molecule has 0 radical (unpaired) electrons. The number of carbonyl (C=O) groups excluding carboxylic acids is 1. The number of likely N-dealkylation sites (N-methyl/N-ethyl adjacent to an activating group) is 1. The molecule has 3 rings (SSSR count). The number of anilines is 1. The number of hydrogen-bond donors (Lipinski definition) is 1. The zero-order valence-corrected chi connectivity index (χ0v) is 13.4. The van der Waals surface area contributed by atoms with Crippen molar-refractivity contribution in [1.82, 2.24) is 9.80 Å². The Balaban J connectivity index is 1.69.